The van der Waals surface area contributed by atoms with Crippen molar-refractivity contribution in [1.29, 1.82) is 0 Å². The van der Waals surface area contributed by atoms with Crippen LogP contribution in [-0.4, -0.2) is 0 Å². The lowest BCUT2D eigenvalue weighted by molar-refractivity contribution is 0.567. The van der Waals surface area contributed by atoms with Crippen LogP contribution in [0, 0.1) is 6.92 Å². The van der Waals surface area contributed by atoms with Gasteiger partial charge in [0.05, 0.1) is 0 Å². The van der Waals surface area contributed by atoms with E-state index in [2.05, 4.69) is 168 Å². The topological polar surface area (TPSA) is 0 Å². The summed E-state index contributed by atoms with van der Waals surface area (Å²) in [5, 5.41) is 0. The molecular weight excluding hydrogens is 577 g/mol. The fourth-order valence-electron chi connectivity index (χ4n) is 8.67. The second-order valence-corrected chi connectivity index (χ2v) is 17.8. The van der Waals surface area contributed by atoms with Gasteiger partial charge in [0.25, 0.3) is 0 Å². The molecule has 0 heteroatoms. The third-order valence-electron chi connectivity index (χ3n) is 11.8. The van der Waals surface area contributed by atoms with E-state index in [0.29, 0.717) is 0 Å². The van der Waals surface area contributed by atoms with Crippen LogP contribution in [-0.2, 0) is 34.5 Å². The second kappa shape index (κ2) is 10.8. The highest BCUT2D eigenvalue weighted by Crippen LogP contribution is 2.57. The molecular formula is C48H54. The fraction of sp³-hybridized carbons (Fsp3) is 0.375. The first-order chi connectivity index (χ1) is 22.4. The zero-order chi connectivity index (χ0) is 34.6. The molecule has 0 unspecified atom stereocenters. The van der Waals surface area contributed by atoms with Crippen LogP contribution in [0.5, 0.6) is 0 Å². The summed E-state index contributed by atoms with van der Waals surface area (Å²) in [6, 6.07) is 33.5. The Bertz CT molecular complexity index is 2070. The van der Waals surface area contributed by atoms with Gasteiger partial charge in [0.15, 0.2) is 0 Å². The van der Waals surface area contributed by atoms with Crippen LogP contribution in [0.1, 0.15) is 132 Å². The number of benzene rings is 5. The first-order valence-electron chi connectivity index (χ1n) is 18.1. The van der Waals surface area contributed by atoms with Gasteiger partial charge in [0.2, 0.25) is 0 Å². The van der Waals surface area contributed by atoms with E-state index in [-0.39, 0.29) is 21.7 Å². The Hall–Kier alpha value is -3.90. The lowest BCUT2D eigenvalue weighted by atomic mass is 9.78. The van der Waals surface area contributed by atoms with Crippen LogP contribution in [0.15, 0.2) is 84.9 Å². The Balaban J connectivity index is 1.32. The van der Waals surface area contributed by atoms with Crippen molar-refractivity contribution in [2.75, 3.05) is 0 Å². The Morgan fingerprint density at radius 3 is 1.71 bits per heavy atom. The first-order valence-corrected chi connectivity index (χ1v) is 18.1. The van der Waals surface area contributed by atoms with Crippen LogP contribution in [0.2, 0.25) is 0 Å². The molecule has 0 bridgehead atoms. The molecule has 0 heterocycles. The van der Waals surface area contributed by atoms with E-state index in [1.54, 1.807) is 0 Å². The van der Waals surface area contributed by atoms with E-state index in [1.165, 1.54) is 89.0 Å². The summed E-state index contributed by atoms with van der Waals surface area (Å²) in [5.41, 5.74) is 22.8. The van der Waals surface area contributed by atoms with E-state index < -0.39 is 0 Å². The molecule has 0 fully saturated rings. The third kappa shape index (κ3) is 5.01. The number of hydrogen-bond acceptors (Lipinski definition) is 0. The monoisotopic (exact) mass is 630 g/mol. The molecule has 7 rings (SSSR count). The van der Waals surface area contributed by atoms with Gasteiger partial charge in [-0.15, -0.1) is 0 Å². The largest absolute Gasteiger partial charge is 0.0620 e. The second-order valence-electron chi connectivity index (χ2n) is 17.8. The van der Waals surface area contributed by atoms with E-state index in [4.69, 9.17) is 0 Å². The molecule has 2 aliphatic rings. The summed E-state index contributed by atoms with van der Waals surface area (Å²) in [7, 11) is 0. The predicted octanol–water partition coefficient (Wildman–Crippen LogP) is 13.0. The van der Waals surface area contributed by atoms with Gasteiger partial charge in [0, 0.05) is 10.8 Å². The zero-order valence-electron chi connectivity index (χ0n) is 31.5. The molecule has 0 aliphatic heterocycles. The van der Waals surface area contributed by atoms with E-state index >= 15 is 0 Å². The normalized spacial score (nSPS) is 15.6. The average molecular weight is 631 g/mol. The Morgan fingerprint density at radius 1 is 0.500 bits per heavy atom. The Morgan fingerprint density at radius 2 is 1.06 bits per heavy atom. The Kier molecular flexibility index (Phi) is 7.34. The fourth-order valence-corrected chi connectivity index (χ4v) is 8.67. The van der Waals surface area contributed by atoms with Gasteiger partial charge >= 0.3 is 0 Å². The lowest BCUT2D eigenvalue weighted by Crippen LogP contribution is -2.17. The van der Waals surface area contributed by atoms with Gasteiger partial charge in [0.1, 0.15) is 0 Å². The quantitative estimate of drug-likeness (QED) is 0.185. The number of rotatable bonds is 4. The number of hydrogen-bond donors (Lipinski definition) is 0. The van der Waals surface area contributed by atoms with Crippen molar-refractivity contribution in [2.24, 2.45) is 0 Å². The highest BCUT2D eigenvalue weighted by molar-refractivity contribution is 5.93. The van der Waals surface area contributed by atoms with E-state index in [9.17, 15) is 0 Å². The maximum absolute atomic E-state index is 2.57. The molecule has 0 spiro atoms. The highest BCUT2D eigenvalue weighted by atomic mass is 14.5. The van der Waals surface area contributed by atoms with Crippen LogP contribution in [0.3, 0.4) is 0 Å². The minimum Gasteiger partial charge on any atom is -0.0620 e. The summed E-state index contributed by atoms with van der Waals surface area (Å²) < 4.78 is 0. The Labute approximate surface area is 290 Å². The average Bonchev–Trinajstić information content (AvgIpc) is 3.38. The standard InChI is InChI=1S/C48H54/c1-13-32-16-14-15-17-36(32)35-20-21-40-44(29(35)2)39-28-42-38(27-43(39)47(40,9)10)37-19-18-30(25-41(37)48(42,11)12)22-31-23-33(45(3,4)5)26-34(24-31)46(6,7)8/h14-21,23-28H,13,22H2,1-12H3. The molecule has 0 aromatic heterocycles. The van der Waals surface area contributed by atoms with Gasteiger partial charge in [-0.05, 0) is 132 Å². The number of fused-ring (bicyclic) bond motifs is 6. The van der Waals surface area contributed by atoms with Crippen molar-refractivity contribution in [3.63, 3.8) is 0 Å². The number of aryl methyl sites for hydroxylation is 1. The summed E-state index contributed by atoms with van der Waals surface area (Å²) in [4.78, 5) is 0. The van der Waals surface area contributed by atoms with Crippen molar-refractivity contribution >= 4 is 0 Å². The lowest BCUT2D eigenvalue weighted by Gasteiger charge is -2.26. The van der Waals surface area contributed by atoms with Gasteiger partial charge in [-0.2, -0.15) is 0 Å². The smallest absolute Gasteiger partial charge is 0.0159 e. The van der Waals surface area contributed by atoms with E-state index in [0.717, 1.165) is 12.8 Å². The molecule has 0 nitrogen and oxygen atoms in total. The molecule has 5 aromatic rings. The van der Waals surface area contributed by atoms with Gasteiger partial charge in [-0.25, -0.2) is 0 Å². The molecule has 2 aliphatic carbocycles. The predicted molar refractivity (Wildman–Crippen MR) is 208 cm³/mol. The first kappa shape index (κ1) is 32.6. The third-order valence-corrected chi connectivity index (χ3v) is 11.8. The molecule has 0 amide bonds. The van der Waals surface area contributed by atoms with Gasteiger partial charge < -0.3 is 0 Å². The minimum atomic E-state index is -0.0766. The van der Waals surface area contributed by atoms with Crippen LogP contribution >= 0.6 is 0 Å². The molecule has 0 saturated carbocycles. The summed E-state index contributed by atoms with van der Waals surface area (Å²) in [6.07, 6.45) is 1.99. The summed E-state index contributed by atoms with van der Waals surface area (Å²) in [6.45, 7) is 28.3. The summed E-state index contributed by atoms with van der Waals surface area (Å²) in [5.74, 6) is 0. The van der Waals surface area contributed by atoms with Crippen LogP contribution in [0.4, 0.5) is 0 Å². The summed E-state index contributed by atoms with van der Waals surface area (Å²) >= 11 is 0. The molecule has 48 heavy (non-hydrogen) atoms. The van der Waals surface area contributed by atoms with Crippen LogP contribution in [0.25, 0.3) is 33.4 Å². The van der Waals surface area contributed by atoms with Crippen molar-refractivity contribution in [2.45, 2.75) is 118 Å². The van der Waals surface area contributed by atoms with Crippen molar-refractivity contribution < 1.29 is 0 Å². The highest BCUT2D eigenvalue weighted by Gasteiger charge is 2.42. The SMILES string of the molecule is CCc1ccccc1-c1ccc2c(c1C)-c1cc3c(cc1C2(C)C)-c1ccc(Cc2cc(C(C)(C)C)cc(C(C)(C)C)c2)cc1C3(C)C. The van der Waals surface area contributed by atoms with Crippen molar-refractivity contribution in [1.82, 2.24) is 0 Å². The molecule has 5 aromatic carbocycles. The van der Waals surface area contributed by atoms with Crippen molar-refractivity contribution in [3.05, 3.63) is 141 Å². The maximum Gasteiger partial charge on any atom is 0.0159 e. The minimum absolute atomic E-state index is 0.0526. The molecule has 246 valence electrons. The molecule has 0 saturated heterocycles. The molecule has 0 radical (unpaired) electrons. The zero-order valence-corrected chi connectivity index (χ0v) is 31.5. The van der Waals surface area contributed by atoms with Crippen LogP contribution < -0.4 is 0 Å². The maximum atomic E-state index is 2.57. The van der Waals surface area contributed by atoms with Crippen molar-refractivity contribution in [3.8, 4) is 33.4 Å². The van der Waals surface area contributed by atoms with E-state index in [1.807, 2.05) is 0 Å². The van der Waals surface area contributed by atoms with Gasteiger partial charge in [-0.3, -0.25) is 0 Å². The molecule has 0 atom stereocenters. The van der Waals surface area contributed by atoms with Gasteiger partial charge in [-0.1, -0.05) is 149 Å². The molecule has 0 N–H and O–H groups in total.